The minimum atomic E-state index is -0.301. The molecule has 1 aromatic rings. The third-order valence-corrected chi connectivity index (χ3v) is 3.87. The molecular formula is C13H16Cl2FN. The van der Waals surface area contributed by atoms with Crippen LogP contribution in [0.3, 0.4) is 0 Å². The van der Waals surface area contributed by atoms with Gasteiger partial charge in [-0.2, -0.15) is 0 Å². The first-order valence-electron chi connectivity index (χ1n) is 5.81. The van der Waals surface area contributed by atoms with Gasteiger partial charge in [0.05, 0.1) is 5.02 Å². The van der Waals surface area contributed by atoms with Crippen LogP contribution in [0.25, 0.3) is 0 Å². The minimum absolute atomic E-state index is 0.195. The molecule has 0 N–H and O–H groups in total. The molecule has 2 rings (SSSR count). The van der Waals surface area contributed by atoms with Gasteiger partial charge in [-0.1, -0.05) is 23.7 Å². The van der Waals surface area contributed by atoms with Gasteiger partial charge in [0.2, 0.25) is 0 Å². The molecule has 0 aromatic heterocycles. The zero-order valence-electron chi connectivity index (χ0n) is 9.80. The van der Waals surface area contributed by atoms with Gasteiger partial charge in [-0.15, -0.1) is 11.6 Å². The molecule has 94 valence electrons. The molecule has 0 unspecified atom stereocenters. The summed E-state index contributed by atoms with van der Waals surface area (Å²) in [6.07, 6.45) is 2.15. The van der Waals surface area contributed by atoms with Crippen LogP contribution in [0, 0.1) is 11.7 Å². The van der Waals surface area contributed by atoms with Gasteiger partial charge in [0.15, 0.2) is 0 Å². The minimum Gasteiger partial charge on any atom is -0.302 e. The van der Waals surface area contributed by atoms with Crippen molar-refractivity contribution in [2.75, 3.05) is 13.6 Å². The molecule has 0 spiro atoms. The number of benzene rings is 1. The zero-order valence-corrected chi connectivity index (χ0v) is 11.3. The normalized spacial score (nSPS) is 23.8. The highest BCUT2D eigenvalue weighted by Gasteiger charge is 2.28. The van der Waals surface area contributed by atoms with E-state index in [-0.39, 0.29) is 10.8 Å². The number of rotatable bonds is 4. The van der Waals surface area contributed by atoms with Crippen LogP contribution >= 0.6 is 23.2 Å². The fourth-order valence-corrected chi connectivity index (χ4v) is 2.97. The van der Waals surface area contributed by atoms with Crippen LogP contribution in [0.15, 0.2) is 18.2 Å². The van der Waals surface area contributed by atoms with Gasteiger partial charge in [0.25, 0.3) is 0 Å². The van der Waals surface area contributed by atoms with Gasteiger partial charge in [-0.3, -0.25) is 0 Å². The predicted octanol–water partition coefficient (Wildman–Crippen LogP) is 3.93. The molecule has 1 aliphatic carbocycles. The first-order chi connectivity index (χ1) is 8.06. The van der Waals surface area contributed by atoms with Crippen LogP contribution < -0.4 is 0 Å². The second-order valence-corrected chi connectivity index (χ2v) is 5.87. The van der Waals surface area contributed by atoms with Crippen LogP contribution in [0.1, 0.15) is 18.4 Å². The Morgan fingerprint density at radius 3 is 2.76 bits per heavy atom. The quantitative estimate of drug-likeness (QED) is 0.753. The third kappa shape index (κ3) is 3.34. The average molecular weight is 276 g/mol. The van der Waals surface area contributed by atoms with Gasteiger partial charge < -0.3 is 4.90 Å². The van der Waals surface area contributed by atoms with E-state index < -0.39 is 0 Å². The van der Waals surface area contributed by atoms with Crippen LogP contribution in [-0.2, 0) is 6.54 Å². The lowest BCUT2D eigenvalue weighted by Gasteiger charge is -2.34. The molecule has 0 atom stereocenters. The van der Waals surface area contributed by atoms with E-state index in [1.807, 2.05) is 7.05 Å². The summed E-state index contributed by atoms with van der Waals surface area (Å²) < 4.78 is 13.7. The van der Waals surface area contributed by atoms with Gasteiger partial charge in [0.1, 0.15) is 5.82 Å². The van der Waals surface area contributed by atoms with Crippen molar-refractivity contribution in [2.24, 2.45) is 5.92 Å². The molecule has 17 heavy (non-hydrogen) atoms. The average Bonchev–Trinajstić information content (AvgIpc) is 2.23. The van der Waals surface area contributed by atoms with Crippen LogP contribution in [0.2, 0.25) is 5.02 Å². The molecule has 4 heteroatoms. The molecule has 0 bridgehead atoms. The van der Waals surface area contributed by atoms with Crippen molar-refractivity contribution in [1.82, 2.24) is 4.90 Å². The van der Waals surface area contributed by atoms with E-state index in [0.717, 1.165) is 19.4 Å². The number of hydrogen-bond donors (Lipinski definition) is 0. The summed E-state index contributed by atoms with van der Waals surface area (Å²) in [6, 6.07) is 5.14. The summed E-state index contributed by atoms with van der Waals surface area (Å²) >= 11 is 11.7. The number of alkyl halides is 1. The number of nitrogens with zero attached hydrogens (tertiary/aromatic N) is 1. The largest absolute Gasteiger partial charge is 0.302 e. The maximum Gasteiger partial charge on any atom is 0.146 e. The van der Waals surface area contributed by atoms with Crippen molar-refractivity contribution in [1.29, 1.82) is 0 Å². The standard InChI is InChI=1S/C13H16Cl2FN/c1-17(7-9-5-11(14)6-9)8-10-3-2-4-12(15)13(10)16/h2-4,9,11H,5-8H2,1H3. The first kappa shape index (κ1) is 13.1. The van der Waals surface area contributed by atoms with Crippen LogP contribution in [-0.4, -0.2) is 23.9 Å². The van der Waals surface area contributed by atoms with Crippen LogP contribution in [0.5, 0.6) is 0 Å². The number of hydrogen-bond acceptors (Lipinski definition) is 1. The van der Waals surface area contributed by atoms with Crippen molar-refractivity contribution >= 4 is 23.2 Å². The summed E-state index contributed by atoms with van der Waals surface area (Å²) in [5, 5.41) is 0.539. The zero-order chi connectivity index (χ0) is 12.4. The van der Waals surface area contributed by atoms with E-state index in [1.165, 1.54) is 0 Å². The van der Waals surface area contributed by atoms with E-state index in [2.05, 4.69) is 4.90 Å². The molecule has 0 aliphatic heterocycles. The SMILES string of the molecule is CN(Cc1cccc(Cl)c1F)CC1CC(Cl)C1. The third-order valence-electron chi connectivity index (χ3n) is 3.22. The molecule has 0 radical (unpaired) electrons. The Morgan fingerprint density at radius 2 is 2.12 bits per heavy atom. The summed E-state index contributed by atoms with van der Waals surface area (Å²) in [7, 11) is 2.00. The van der Waals surface area contributed by atoms with E-state index in [0.29, 0.717) is 23.4 Å². The molecule has 1 nitrogen and oxygen atoms in total. The molecular weight excluding hydrogens is 260 g/mol. The van der Waals surface area contributed by atoms with Crippen molar-refractivity contribution in [2.45, 2.75) is 24.8 Å². The summed E-state index contributed by atoms with van der Waals surface area (Å²) in [5.74, 6) is 0.356. The highest BCUT2D eigenvalue weighted by Crippen LogP contribution is 2.32. The Morgan fingerprint density at radius 1 is 1.41 bits per heavy atom. The maximum atomic E-state index is 13.7. The van der Waals surface area contributed by atoms with E-state index in [4.69, 9.17) is 23.2 Å². The lowest BCUT2D eigenvalue weighted by molar-refractivity contribution is 0.202. The Labute approximate surface area is 112 Å². The molecule has 1 aliphatic rings. The van der Waals surface area contributed by atoms with Crippen molar-refractivity contribution < 1.29 is 4.39 Å². The van der Waals surface area contributed by atoms with E-state index in [9.17, 15) is 4.39 Å². The lowest BCUT2D eigenvalue weighted by Crippen LogP contribution is -2.34. The summed E-state index contributed by atoms with van der Waals surface area (Å²) in [5.41, 5.74) is 0.654. The van der Waals surface area contributed by atoms with Crippen molar-refractivity contribution in [3.8, 4) is 0 Å². The molecule has 1 aromatic carbocycles. The maximum absolute atomic E-state index is 13.7. The molecule has 1 fully saturated rings. The second-order valence-electron chi connectivity index (χ2n) is 4.84. The van der Waals surface area contributed by atoms with Crippen molar-refractivity contribution in [3.05, 3.63) is 34.6 Å². The van der Waals surface area contributed by atoms with Gasteiger partial charge in [0, 0.05) is 24.0 Å². The molecule has 0 saturated heterocycles. The molecule has 0 heterocycles. The first-order valence-corrected chi connectivity index (χ1v) is 6.63. The van der Waals surface area contributed by atoms with Gasteiger partial charge >= 0.3 is 0 Å². The summed E-state index contributed by atoms with van der Waals surface area (Å²) in [4.78, 5) is 2.13. The Kier molecular flexibility index (Phi) is 4.29. The molecule has 0 amide bonds. The predicted molar refractivity (Wildman–Crippen MR) is 70.1 cm³/mol. The lowest BCUT2D eigenvalue weighted by atomic mass is 9.84. The Balaban J connectivity index is 1.89. The van der Waals surface area contributed by atoms with E-state index in [1.54, 1.807) is 18.2 Å². The van der Waals surface area contributed by atoms with Crippen molar-refractivity contribution in [3.63, 3.8) is 0 Å². The van der Waals surface area contributed by atoms with Gasteiger partial charge in [-0.25, -0.2) is 4.39 Å². The monoisotopic (exact) mass is 275 g/mol. The highest BCUT2D eigenvalue weighted by molar-refractivity contribution is 6.30. The van der Waals surface area contributed by atoms with E-state index >= 15 is 0 Å². The highest BCUT2D eigenvalue weighted by atomic mass is 35.5. The Hall–Kier alpha value is -0.310. The summed E-state index contributed by atoms with van der Waals surface area (Å²) in [6.45, 7) is 1.56. The van der Waals surface area contributed by atoms with Crippen LogP contribution in [0.4, 0.5) is 4.39 Å². The fraction of sp³-hybridized carbons (Fsp3) is 0.538. The molecule has 1 saturated carbocycles. The number of halogens is 3. The Bertz CT molecular complexity index is 391. The van der Waals surface area contributed by atoms with Gasteiger partial charge in [-0.05, 0) is 31.9 Å². The smallest absolute Gasteiger partial charge is 0.146 e. The fourth-order valence-electron chi connectivity index (χ4n) is 2.27. The second kappa shape index (κ2) is 5.55. The topological polar surface area (TPSA) is 3.24 Å².